The van der Waals surface area contributed by atoms with Crippen LogP contribution in [0.4, 0.5) is 13.2 Å². The molecule has 0 N–H and O–H groups in total. The number of benzene rings is 2. The van der Waals surface area contributed by atoms with E-state index in [1.807, 2.05) is 0 Å². The van der Waals surface area contributed by atoms with Gasteiger partial charge in [0.1, 0.15) is 11.6 Å². The van der Waals surface area contributed by atoms with Gasteiger partial charge < -0.3 is 8.37 Å². The van der Waals surface area contributed by atoms with Crippen molar-refractivity contribution in [2.45, 2.75) is 0 Å². The molecule has 0 fully saturated rings. The second-order valence-corrected chi connectivity index (χ2v) is 4.12. The van der Waals surface area contributed by atoms with E-state index in [2.05, 4.69) is 4.18 Å². The van der Waals surface area contributed by atoms with Crippen LogP contribution in [0.2, 0.25) is 0 Å². The summed E-state index contributed by atoms with van der Waals surface area (Å²) in [5.74, 6) is -4.47. The molecule has 0 spiro atoms. The summed E-state index contributed by atoms with van der Waals surface area (Å²) >= 11 is -2.45. The van der Waals surface area contributed by atoms with Gasteiger partial charge in [0, 0.05) is 12.1 Å². The summed E-state index contributed by atoms with van der Waals surface area (Å²) in [6, 6.07) is 8.74. The van der Waals surface area contributed by atoms with E-state index in [4.69, 9.17) is 4.18 Å². The summed E-state index contributed by atoms with van der Waals surface area (Å²) in [6.45, 7) is 0. The Labute approximate surface area is 109 Å². The minimum absolute atomic E-state index is 0.198. The summed E-state index contributed by atoms with van der Waals surface area (Å²) in [5, 5.41) is 0. The Bertz CT molecular complexity index is 581. The van der Waals surface area contributed by atoms with Gasteiger partial charge in [-0.25, -0.2) is 13.2 Å². The van der Waals surface area contributed by atoms with Gasteiger partial charge in [-0.1, -0.05) is 18.2 Å². The number of halogens is 3. The van der Waals surface area contributed by atoms with E-state index < -0.39 is 34.6 Å². The van der Waals surface area contributed by atoms with Crippen LogP contribution in [0.5, 0.6) is 11.5 Å². The zero-order chi connectivity index (χ0) is 13.8. The number of hydrogen-bond donors (Lipinski definition) is 0. The van der Waals surface area contributed by atoms with Crippen molar-refractivity contribution in [3.05, 3.63) is 59.9 Å². The van der Waals surface area contributed by atoms with Crippen molar-refractivity contribution >= 4 is 11.4 Å². The Morgan fingerprint density at radius 1 is 0.895 bits per heavy atom. The molecule has 0 bridgehead atoms. The fourth-order valence-corrected chi connectivity index (χ4v) is 1.85. The quantitative estimate of drug-likeness (QED) is 0.867. The predicted octanol–water partition coefficient (Wildman–Crippen LogP) is 3.14. The standard InChI is InChI=1S/C12H7F3O3S/c13-8-6-10(14)12(11(15)7-8)18-19(16)17-9-4-2-1-3-5-9/h1-7H. The molecule has 3 nitrogen and oxygen atoms in total. The van der Waals surface area contributed by atoms with E-state index in [9.17, 15) is 17.4 Å². The van der Waals surface area contributed by atoms with Crippen LogP contribution in [-0.4, -0.2) is 4.21 Å². The van der Waals surface area contributed by atoms with Crippen molar-refractivity contribution in [3.63, 3.8) is 0 Å². The van der Waals surface area contributed by atoms with Gasteiger partial charge in [0.25, 0.3) is 0 Å². The van der Waals surface area contributed by atoms with Gasteiger partial charge in [-0.15, -0.1) is 0 Å². The Morgan fingerprint density at radius 3 is 2.05 bits per heavy atom. The molecule has 2 aromatic rings. The molecule has 2 aromatic carbocycles. The molecule has 0 heterocycles. The average Bonchev–Trinajstić information content (AvgIpc) is 2.35. The van der Waals surface area contributed by atoms with Crippen LogP contribution < -0.4 is 8.37 Å². The van der Waals surface area contributed by atoms with Gasteiger partial charge >= 0.3 is 11.4 Å². The molecule has 2 rings (SSSR count). The van der Waals surface area contributed by atoms with Crippen molar-refractivity contribution in [3.8, 4) is 11.5 Å². The van der Waals surface area contributed by atoms with Gasteiger partial charge in [0.15, 0.2) is 11.6 Å². The average molecular weight is 288 g/mol. The monoisotopic (exact) mass is 288 g/mol. The molecule has 0 amide bonds. The summed E-state index contributed by atoms with van der Waals surface area (Å²) < 4.78 is 59.7. The SMILES string of the molecule is O=S(Oc1ccccc1)Oc1c(F)cc(F)cc1F. The van der Waals surface area contributed by atoms with Crippen LogP contribution in [0.1, 0.15) is 0 Å². The van der Waals surface area contributed by atoms with Crippen molar-refractivity contribution in [1.82, 2.24) is 0 Å². The normalized spacial score (nSPS) is 11.9. The summed E-state index contributed by atoms with van der Waals surface area (Å²) in [7, 11) is 0. The maximum absolute atomic E-state index is 13.2. The maximum Gasteiger partial charge on any atom is 0.417 e. The maximum atomic E-state index is 13.2. The molecule has 7 heteroatoms. The molecule has 0 aromatic heterocycles. The Balaban J connectivity index is 2.12. The first-order valence-electron chi connectivity index (χ1n) is 5.04. The third-order valence-corrected chi connectivity index (χ3v) is 2.65. The highest BCUT2D eigenvalue weighted by Crippen LogP contribution is 2.24. The third-order valence-electron chi connectivity index (χ3n) is 2.02. The van der Waals surface area contributed by atoms with Crippen LogP contribution >= 0.6 is 0 Å². The van der Waals surface area contributed by atoms with Crippen molar-refractivity contribution < 1.29 is 25.7 Å². The van der Waals surface area contributed by atoms with E-state index in [1.54, 1.807) is 18.2 Å². The van der Waals surface area contributed by atoms with Gasteiger partial charge in [0.05, 0.1) is 0 Å². The minimum atomic E-state index is -2.45. The highest BCUT2D eigenvalue weighted by molar-refractivity contribution is 7.75. The molecule has 19 heavy (non-hydrogen) atoms. The smallest absolute Gasteiger partial charge is 0.371 e. The Kier molecular flexibility index (Phi) is 4.06. The highest BCUT2D eigenvalue weighted by Gasteiger charge is 2.17. The second kappa shape index (κ2) is 5.75. The molecule has 0 aliphatic heterocycles. The van der Waals surface area contributed by atoms with E-state index in [1.165, 1.54) is 12.1 Å². The van der Waals surface area contributed by atoms with Crippen LogP contribution in [0, 0.1) is 17.5 Å². The summed E-state index contributed by atoms with van der Waals surface area (Å²) in [6.07, 6.45) is 0. The van der Waals surface area contributed by atoms with Gasteiger partial charge in [-0.3, -0.25) is 0 Å². The first-order valence-corrected chi connectivity index (χ1v) is 6.04. The topological polar surface area (TPSA) is 35.5 Å². The lowest BCUT2D eigenvalue weighted by Crippen LogP contribution is -2.10. The second-order valence-electron chi connectivity index (χ2n) is 3.38. The van der Waals surface area contributed by atoms with Crippen molar-refractivity contribution in [2.24, 2.45) is 0 Å². The van der Waals surface area contributed by atoms with Gasteiger partial charge in [-0.2, -0.15) is 4.21 Å². The summed E-state index contributed by atoms with van der Waals surface area (Å²) in [5.41, 5.74) is 0. The number of hydrogen-bond acceptors (Lipinski definition) is 3. The predicted molar refractivity (Wildman–Crippen MR) is 62.2 cm³/mol. The molecule has 0 saturated carbocycles. The first kappa shape index (κ1) is 13.4. The van der Waals surface area contributed by atoms with Crippen LogP contribution in [-0.2, 0) is 11.4 Å². The third kappa shape index (κ3) is 3.47. The molecule has 0 radical (unpaired) electrons. The van der Waals surface area contributed by atoms with Crippen LogP contribution in [0.15, 0.2) is 42.5 Å². The Hall–Kier alpha value is -2.02. The summed E-state index contributed by atoms with van der Waals surface area (Å²) in [4.78, 5) is 0. The molecule has 1 atom stereocenters. The lowest BCUT2D eigenvalue weighted by Gasteiger charge is -2.07. The first-order chi connectivity index (χ1) is 9.06. The van der Waals surface area contributed by atoms with Gasteiger partial charge in [0.2, 0.25) is 5.75 Å². The molecule has 0 saturated heterocycles. The minimum Gasteiger partial charge on any atom is -0.371 e. The molecular weight excluding hydrogens is 281 g/mol. The lowest BCUT2D eigenvalue weighted by molar-refractivity contribution is 0.415. The Morgan fingerprint density at radius 2 is 1.47 bits per heavy atom. The van der Waals surface area contributed by atoms with E-state index in [0.29, 0.717) is 12.1 Å². The number of rotatable bonds is 4. The molecule has 1 unspecified atom stereocenters. The van der Waals surface area contributed by atoms with Crippen LogP contribution in [0.25, 0.3) is 0 Å². The van der Waals surface area contributed by atoms with Crippen LogP contribution in [0.3, 0.4) is 0 Å². The fraction of sp³-hybridized carbons (Fsp3) is 0. The largest absolute Gasteiger partial charge is 0.417 e. The molecular formula is C12H7F3O3S. The molecule has 0 aliphatic carbocycles. The van der Waals surface area contributed by atoms with Crippen molar-refractivity contribution in [1.29, 1.82) is 0 Å². The van der Waals surface area contributed by atoms with E-state index >= 15 is 0 Å². The lowest BCUT2D eigenvalue weighted by atomic mass is 10.3. The van der Waals surface area contributed by atoms with E-state index in [0.717, 1.165) is 0 Å². The zero-order valence-corrected chi connectivity index (χ0v) is 10.1. The highest BCUT2D eigenvalue weighted by atomic mass is 32.2. The fourth-order valence-electron chi connectivity index (χ4n) is 1.25. The molecule has 0 aliphatic rings. The molecule has 100 valence electrons. The number of para-hydroxylation sites is 1. The van der Waals surface area contributed by atoms with Crippen molar-refractivity contribution in [2.75, 3.05) is 0 Å². The van der Waals surface area contributed by atoms with Gasteiger partial charge in [-0.05, 0) is 12.1 Å². The zero-order valence-electron chi connectivity index (χ0n) is 9.31. The van der Waals surface area contributed by atoms with E-state index in [-0.39, 0.29) is 5.75 Å².